The van der Waals surface area contributed by atoms with Gasteiger partial charge in [0.25, 0.3) is 0 Å². The fourth-order valence-corrected chi connectivity index (χ4v) is 1.83. The lowest BCUT2D eigenvalue weighted by atomic mass is 10.2. The van der Waals surface area contributed by atoms with E-state index in [1.807, 2.05) is 12.1 Å². The first-order valence-electron chi connectivity index (χ1n) is 6.63. The Balaban J connectivity index is 2.18. The molecule has 0 amide bonds. The van der Waals surface area contributed by atoms with Crippen molar-refractivity contribution >= 4 is 0 Å². The molecule has 0 heterocycles. The minimum atomic E-state index is -0.969. The number of benzene rings is 2. The molecule has 0 aliphatic carbocycles. The average molecular weight is 277 g/mol. The second kappa shape index (κ2) is 7.01. The summed E-state index contributed by atoms with van der Waals surface area (Å²) in [6.45, 7) is 3.60. The van der Waals surface area contributed by atoms with Crippen LogP contribution in [0.15, 0.2) is 42.5 Å². The zero-order valence-corrected chi connectivity index (χ0v) is 11.3. The van der Waals surface area contributed by atoms with E-state index in [0.717, 1.165) is 24.6 Å². The quantitative estimate of drug-likeness (QED) is 0.797. The molecule has 2 aromatic rings. The summed E-state index contributed by atoms with van der Waals surface area (Å²) in [6, 6.07) is 11.2. The summed E-state index contributed by atoms with van der Waals surface area (Å²) in [6.07, 6.45) is 1.03. The van der Waals surface area contributed by atoms with Crippen molar-refractivity contribution in [3.63, 3.8) is 0 Å². The monoisotopic (exact) mass is 277 g/mol. The summed E-state index contributed by atoms with van der Waals surface area (Å²) in [7, 11) is 0. The minimum Gasteiger partial charge on any atom is -0.454 e. The fourth-order valence-electron chi connectivity index (χ4n) is 1.83. The highest BCUT2D eigenvalue weighted by atomic mass is 19.2. The molecule has 0 bridgehead atoms. The van der Waals surface area contributed by atoms with Crippen molar-refractivity contribution < 1.29 is 13.5 Å². The number of ether oxygens (including phenoxy) is 1. The van der Waals surface area contributed by atoms with E-state index in [9.17, 15) is 8.78 Å². The van der Waals surface area contributed by atoms with Crippen LogP contribution >= 0.6 is 0 Å². The predicted octanol–water partition coefficient (Wildman–Crippen LogP) is 4.26. The number of rotatable bonds is 6. The molecule has 0 atom stereocenters. The number of hydrogen-bond donors (Lipinski definition) is 1. The van der Waals surface area contributed by atoms with Crippen LogP contribution in [-0.4, -0.2) is 6.54 Å². The molecule has 20 heavy (non-hydrogen) atoms. The smallest absolute Gasteiger partial charge is 0.201 e. The number of nitrogens with one attached hydrogen (secondary N) is 1. The SMILES string of the molecule is CCCNCc1ccccc1Oc1cccc(F)c1F. The predicted molar refractivity (Wildman–Crippen MR) is 74.9 cm³/mol. The molecule has 106 valence electrons. The van der Waals surface area contributed by atoms with E-state index in [4.69, 9.17) is 4.74 Å². The van der Waals surface area contributed by atoms with Gasteiger partial charge in [0.2, 0.25) is 5.82 Å². The third kappa shape index (κ3) is 3.54. The standard InChI is InChI=1S/C16H17F2NO/c1-2-10-19-11-12-6-3-4-8-14(12)20-15-9-5-7-13(17)16(15)18/h3-9,19H,2,10-11H2,1H3. The lowest BCUT2D eigenvalue weighted by Gasteiger charge is -2.12. The topological polar surface area (TPSA) is 21.3 Å². The van der Waals surface area contributed by atoms with Crippen molar-refractivity contribution in [3.05, 3.63) is 59.7 Å². The second-order valence-electron chi connectivity index (χ2n) is 4.44. The molecule has 0 unspecified atom stereocenters. The zero-order valence-electron chi connectivity index (χ0n) is 11.3. The summed E-state index contributed by atoms with van der Waals surface area (Å²) < 4.78 is 32.3. The van der Waals surface area contributed by atoms with Crippen LogP contribution in [0, 0.1) is 11.6 Å². The lowest BCUT2D eigenvalue weighted by molar-refractivity contribution is 0.412. The van der Waals surface area contributed by atoms with Gasteiger partial charge in [-0.05, 0) is 31.2 Å². The van der Waals surface area contributed by atoms with Gasteiger partial charge in [-0.2, -0.15) is 4.39 Å². The van der Waals surface area contributed by atoms with Crippen molar-refractivity contribution in [1.82, 2.24) is 5.32 Å². The highest BCUT2D eigenvalue weighted by Gasteiger charge is 2.11. The van der Waals surface area contributed by atoms with Crippen LogP contribution in [0.3, 0.4) is 0 Å². The van der Waals surface area contributed by atoms with Gasteiger partial charge in [-0.3, -0.25) is 0 Å². The van der Waals surface area contributed by atoms with E-state index >= 15 is 0 Å². The van der Waals surface area contributed by atoms with E-state index in [1.165, 1.54) is 12.1 Å². The molecule has 2 rings (SSSR count). The van der Waals surface area contributed by atoms with Gasteiger partial charge in [-0.25, -0.2) is 4.39 Å². The normalized spacial score (nSPS) is 10.6. The van der Waals surface area contributed by atoms with E-state index < -0.39 is 11.6 Å². The van der Waals surface area contributed by atoms with Gasteiger partial charge in [-0.1, -0.05) is 31.2 Å². The summed E-state index contributed by atoms with van der Waals surface area (Å²) in [5.41, 5.74) is 0.907. The maximum Gasteiger partial charge on any atom is 0.201 e. The molecule has 0 spiro atoms. The van der Waals surface area contributed by atoms with Gasteiger partial charge < -0.3 is 10.1 Å². The Labute approximate surface area is 117 Å². The Kier molecular flexibility index (Phi) is 5.07. The van der Waals surface area contributed by atoms with Gasteiger partial charge in [0.15, 0.2) is 11.6 Å². The van der Waals surface area contributed by atoms with Gasteiger partial charge in [0.1, 0.15) is 5.75 Å². The molecule has 0 aromatic heterocycles. The maximum absolute atomic E-state index is 13.6. The molecule has 1 N–H and O–H groups in total. The van der Waals surface area contributed by atoms with Crippen molar-refractivity contribution in [2.45, 2.75) is 19.9 Å². The van der Waals surface area contributed by atoms with E-state index in [0.29, 0.717) is 12.3 Å². The van der Waals surface area contributed by atoms with Crippen molar-refractivity contribution in [2.24, 2.45) is 0 Å². The van der Waals surface area contributed by atoms with Crippen LogP contribution in [0.5, 0.6) is 11.5 Å². The molecule has 0 saturated carbocycles. The van der Waals surface area contributed by atoms with E-state index in [2.05, 4.69) is 12.2 Å². The first-order chi connectivity index (χ1) is 9.72. The molecule has 0 fully saturated rings. The van der Waals surface area contributed by atoms with Gasteiger partial charge in [0, 0.05) is 12.1 Å². The first-order valence-corrected chi connectivity index (χ1v) is 6.63. The van der Waals surface area contributed by atoms with Crippen LogP contribution in [0.25, 0.3) is 0 Å². The Morgan fingerprint density at radius 1 is 1.00 bits per heavy atom. The number of halogens is 2. The third-order valence-electron chi connectivity index (χ3n) is 2.85. The molecule has 2 aromatic carbocycles. The lowest BCUT2D eigenvalue weighted by Crippen LogP contribution is -2.14. The summed E-state index contributed by atoms with van der Waals surface area (Å²) in [5.74, 6) is -1.46. The fraction of sp³-hybridized carbons (Fsp3) is 0.250. The zero-order chi connectivity index (χ0) is 14.4. The highest BCUT2D eigenvalue weighted by molar-refractivity contribution is 5.38. The highest BCUT2D eigenvalue weighted by Crippen LogP contribution is 2.28. The minimum absolute atomic E-state index is 0.104. The van der Waals surface area contributed by atoms with Crippen LogP contribution in [0.4, 0.5) is 8.78 Å². The maximum atomic E-state index is 13.6. The average Bonchev–Trinajstić information content (AvgIpc) is 2.46. The Morgan fingerprint density at radius 2 is 1.75 bits per heavy atom. The molecule has 0 aliphatic heterocycles. The first kappa shape index (κ1) is 14.5. The van der Waals surface area contributed by atoms with Crippen molar-refractivity contribution in [1.29, 1.82) is 0 Å². The molecule has 0 saturated heterocycles. The van der Waals surface area contributed by atoms with Gasteiger partial charge in [0.05, 0.1) is 0 Å². The summed E-state index contributed by atoms with van der Waals surface area (Å²) in [5, 5.41) is 3.26. The van der Waals surface area contributed by atoms with Crippen molar-refractivity contribution in [3.8, 4) is 11.5 Å². The molecular formula is C16H17F2NO. The van der Waals surface area contributed by atoms with E-state index in [1.54, 1.807) is 12.1 Å². The molecule has 4 heteroatoms. The third-order valence-corrected chi connectivity index (χ3v) is 2.85. The Bertz CT molecular complexity index is 572. The summed E-state index contributed by atoms with van der Waals surface area (Å²) in [4.78, 5) is 0. The van der Waals surface area contributed by atoms with Gasteiger partial charge >= 0.3 is 0 Å². The van der Waals surface area contributed by atoms with Crippen LogP contribution < -0.4 is 10.1 Å². The van der Waals surface area contributed by atoms with Gasteiger partial charge in [-0.15, -0.1) is 0 Å². The Hall–Kier alpha value is -1.94. The van der Waals surface area contributed by atoms with E-state index in [-0.39, 0.29) is 5.75 Å². The van der Waals surface area contributed by atoms with Crippen LogP contribution in [0.2, 0.25) is 0 Å². The largest absolute Gasteiger partial charge is 0.454 e. The number of hydrogen-bond acceptors (Lipinski definition) is 2. The van der Waals surface area contributed by atoms with Crippen molar-refractivity contribution in [2.75, 3.05) is 6.54 Å². The van der Waals surface area contributed by atoms with Crippen LogP contribution in [-0.2, 0) is 6.54 Å². The molecule has 2 nitrogen and oxygen atoms in total. The number of para-hydroxylation sites is 1. The Morgan fingerprint density at radius 3 is 2.55 bits per heavy atom. The van der Waals surface area contributed by atoms with Crippen LogP contribution in [0.1, 0.15) is 18.9 Å². The molecule has 0 radical (unpaired) electrons. The molecular weight excluding hydrogens is 260 g/mol. The second-order valence-corrected chi connectivity index (χ2v) is 4.44. The summed E-state index contributed by atoms with van der Waals surface area (Å²) >= 11 is 0. The molecule has 0 aliphatic rings.